The van der Waals surface area contributed by atoms with E-state index in [0.717, 1.165) is 12.1 Å². The Morgan fingerprint density at radius 2 is 1.88 bits per heavy atom. The first-order chi connectivity index (χ1) is 8.16. The third-order valence-corrected chi connectivity index (χ3v) is 3.02. The van der Waals surface area contributed by atoms with Crippen LogP contribution in [-0.4, -0.2) is 4.98 Å². The van der Waals surface area contributed by atoms with Crippen molar-refractivity contribution in [3.8, 4) is 0 Å². The van der Waals surface area contributed by atoms with Crippen molar-refractivity contribution in [3.05, 3.63) is 65.0 Å². The van der Waals surface area contributed by atoms with Gasteiger partial charge in [-0.25, -0.2) is 0 Å². The quantitative estimate of drug-likeness (QED) is 0.874. The fourth-order valence-corrected chi connectivity index (χ4v) is 1.99. The van der Waals surface area contributed by atoms with Crippen LogP contribution in [0.2, 0.25) is 0 Å². The molecule has 2 heteroatoms. The van der Waals surface area contributed by atoms with Gasteiger partial charge in [-0.3, -0.25) is 4.98 Å². The highest BCUT2D eigenvalue weighted by Gasteiger charge is 2.09. The van der Waals surface area contributed by atoms with Crippen molar-refractivity contribution in [2.45, 2.75) is 26.3 Å². The van der Waals surface area contributed by atoms with Crippen LogP contribution in [0.1, 0.15) is 28.4 Å². The van der Waals surface area contributed by atoms with Gasteiger partial charge in [0, 0.05) is 17.9 Å². The van der Waals surface area contributed by atoms with E-state index in [2.05, 4.69) is 30.1 Å². The van der Waals surface area contributed by atoms with Crippen LogP contribution < -0.4 is 5.73 Å². The third kappa shape index (κ3) is 2.92. The fraction of sp³-hybridized carbons (Fsp3) is 0.267. The van der Waals surface area contributed by atoms with E-state index in [1.165, 1.54) is 16.7 Å². The molecule has 0 aliphatic rings. The Balaban J connectivity index is 2.14. The third-order valence-electron chi connectivity index (χ3n) is 3.02. The highest BCUT2D eigenvalue weighted by molar-refractivity contribution is 5.30. The van der Waals surface area contributed by atoms with Crippen LogP contribution in [0.25, 0.3) is 0 Å². The zero-order valence-corrected chi connectivity index (χ0v) is 10.4. The lowest BCUT2D eigenvalue weighted by atomic mass is 9.97. The molecule has 0 saturated carbocycles. The van der Waals surface area contributed by atoms with E-state index in [1.54, 1.807) is 0 Å². The summed E-state index contributed by atoms with van der Waals surface area (Å²) < 4.78 is 0. The van der Waals surface area contributed by atoms with Crippen molar-refractivity contribution in [1.29, 1.82) is 0 Å². The van der Waals surface area contributed by atoms with Crippen LogP contribution in [0.3, 0.4) is 0 Å². The molecule has 1 heterocycles. The molecule has 0 aliphatic heterocycles. The zero-order chi connectivity index (χ0) is 12.3. The van der Waals surface area contributed by atoms with Crippen molar-refractivity contribution >= 4 is 0 Å². The van der Waals surface area contributed by atoms with Gasteiger partial charge in [0.15, 0.2) is 0 Å². The predicted molar refractivity (Wildman–Crippen MR) is 70.8 cm³/mol. The van der Waals surface area contributed by atoms with Crippen LogP contribution in [0, 0.1) is 13.8 Å². The number of rotatable bonds is 3. The lowest BCUT2D eigenvalue weighted by molar-refractivity contribution is 0.714. The monoisotopic (exact) mass is 226 g/mol. The molecule has 0 bridgehead atoms. The lowest BCUT2D eigenvalue weighted by Crippen LogP contribution is -2.14. The van der Waals surface area contributed by atoms with Gasteiger partial charge in [0.2, 0.25) is 0 Å². The van der Waals surface area contributed by atoms with Gasteiger partial charge < -0.3 is 5.73 Å². The maximum atomic E-state index is 6.24. The van der Waals surface area contributed by atoms with E-state index in [4.69, 9.17) is 5.73 Å². The molecule has 0 saturated heterocycles. The average molecular weight is 226 g/mol. The Labute approximate surface area is 103 Å². The molecule has 2 N–H and O–H groups in total. The van der Waals surface area contributed by atoms with Crippen molar-refractivity contribution in [1.82, 2.24) is 4.98 Å². The van der Waals surface area contributed by atoms with Crippen LogP contribution in [0.5, 0.6) is 0 Å². The van der Waals surface area contributed by atoms with Crippen molar-refractivity contribution in [2.24, 2.45) is 5.73 Å². The minimum absolute atomic E-state index is 0.0423. The molecule has 2 aromatic rings. The highest BCUT2D eigenvalue weighted by atomic mass is 14.7. The summed E-state index contributed by atoms with van der Waals surface area (Å²) in [5.74, 6) is 0. The summed E-state index contributed by atoms with van der Waals surface area (Å²) in [6.07, 6.45) is 2.74. The molecule has 0 fully saturated rings. The molecule has 1 unspecified atom stereocenters. The normalized spacial score (nSPS) is 12.4. The van der Waals surface area contributed by atoms with Gasteiger partial charge in [-0.15, -0.1) is 0 Å². The maximum Gasteiger partial charge on any atom is 0.0372 e. The lowest BCUT2D eigenvalue weighted by Gasteiger charge is -2.14. The van der Waals surface area contributed by atoms with Gasteiger partial charge in [0.25, 0.3) is 0 Å². The molecule has 2 rings (SSSR count). The summed E-state index contributed by atoms with van der Waals surface area (Å²) in [4.78, 5) is 4.29. The van der Waals surface area contributed by atoms with Crippen molar-refractivity contribution in [3.63, 3.8) is 0 Å². The number of hydrogen-bond donors (Lipinski definition) is 1. The second-order valence-electron chi connectivity index (χ2n) is 4.48. The molecule has 0 amide bonds. The van der Waals surface area contributed by atoms with Crippen LogP contribution in [-0.2, 0) is 6.42 Å². The predicted octanol–water partition coefficient (Wildman–Crippen LogP) is 2.94. The Hall–Kier alpha value is -1.67. The highest BCUT2D eigenvalue weighted by Crippen LogP contribution is 2.19. The first-order valence-corrected chi connectivity index (χ1v) is 5.89. The van der Waals surface area contributed by atoms with E-state index in [0.29, 0.717) is 0 Å². The Kier molecular flexibility index (Phi) is 3.55. The van der Waals surface area contributed by atoms with E-state index >= 15 is 0 Å². The molecular weight excluding hydrogens is 208 g/mol. The van der Waals surface area contributed by atoms with Crippen LogP contribution >= 0.6 is 0 Å². The zero-order valence-electron chi connectivity index (χ0n) is 10.4. The topological polar surface area (TPSA) is 38.9 Å². The number of hydrogen-bond acceptors (Lipinski definition) is 2. The van der Waals surface area contributed by atoms with Crippen molar-refractivity contribution < 1.29 is 0 Å². The smallest absolute Gasteiger partial charge is 0.0372 e. The summed E-state index contributed by atoms with van der Waals surface area (Å²) in [7, 11) is 0. The average Bonchev–Trinajstić information content (AvgIpc) is 2.32. The minimum Gasteiger partial charge on any atom is -0.324 e. The van der Waals surface area contributed by atoms with Crippen LogP contribution in [0.4, 0.5) is 0 Å². The van der Waals surface area contributed by atoms with Gasteiger partial charge in [0.1, 0.15) is 0 Å². The molecule has 0 aliphatic carbocycles. The number of pyridine rings is 1. The molecule has 1 aromatic carbocycles. The van der Waals surface area contributed by atoms with E-state index < -0.39 is 0 Å². The van der Waals surface area contributed by atoms with Gasteiger partial charge in [-0.2, -0.15) is 0 Å². The number of benzene rings is 1. The van der Waals surface area contributed by atoms with Crippen molar-refractivity contribution in [2.75, 3.05) is 0 Å². The SMILES string of the molecule is Cc1ccc(CC(N)c2ccccc2C)cn1. The molecule has 1 atom stereocenters. The molecule has 88 valence electrons. The van der Waals surface area contributed by atoms with Gasteiger partial charge in [-0.05, 0) is 43.0 Å². The van der Waals surface area contributed by atoms with Gasteiger partial charge in [-0.1, -0.05) is 30.3 Å². The summed E-state index contributed by atoms with van der Waals surface area (Å²) in [6.45, 7) is 4.09. The standard InChI is InChI=1S/C15H18N2/c1-11-5-3-4-6-14(11)15(16)9-13-8-7-12(2)17-10-13/h3-8,10,15H,9,16H2,1-2H3. The summed E-state index contributed by atoms with van der Waals surface area (Å²) in [5, 5.41) is 0. The van der Waals surface area contributed by atoms with Gasteiger partial charge in [0.05, 0.1) is 0 Å². The molecule has 0 spiro atoms. The second kappa shape index (κ2) is 5.11. The van der Waals surface area contributed by atoms with E-state index in [1.807, 2.05) is 31.3 Å². The molecular formula is C15H18N2. The molecule has 2 nitrogen and oxygen atoms in total. The first-order valence-electron chi connectivity index (χ1n) is 5.89. The summed E-state index contributed by atoms with van der Waals surface area (Å²) in [6, 6.07) is 12.4. The molecule has 17 heavy (non-hydrogen) atoms. The largest absolute Gasteiger partial charge is 0.324 e. The number of aryl methyl sites for hydroxylation is 2. The maximum absolute atomic E-state index is 6.24. The first kappa shape index (κ1) is 11.8. The Morgan fingerprint density at radius 3 is 2.53 bits per heavy atom. The van der Waals surface area contributed by atoms with Gasteiger partial charge >= 0.3 is 0 Å². The van der Waals surface area contributed by atoms with E-state index in [-0.39, 0.29) is 6.04 Å². The summed E-state index contributed by atoms with van der Waals surface area (Å²) in [5.41, 5.74) is 10.9. The fourth-order valence-electron chi connectivity index (χ4n) is 1.99. The molecule has 1 aromatic heterocycles. The second-order valence-corrected chi connectivity index (χ2v) is 4.48. The van der Waals surface area contributed by atoms with E-state index in [9.17, 15) is 0 Å². The number of nitrogens with zero attached hydrogens (tertiary/aromatic N) is 1. The minimum atomic E-state index is 0.0423. The number of nitrogens with two attached hydrogens (primary N) is 1. The summed E-state index contributed by atoms with van der Waals surface area (Å²) >= 11 is 0. The number of aromatic nitrogens is 1. The Morgan fingerprint density at radius 1 is 1.12 bits per heavy atom. The molecule has 0 radical (unpaired) electrons. The Bertz CT molecular complexity index is 489. The van der Waals surface area contributed by atoms with Crippen LogP contribution in [0.15, 0.2) is 42.6 Å².